The number of hydrogen-bond acceptors (Lipinski definition) is 3. The summed E-state index contributed by atoms with van der Waals surface area (Å²) < 4.78 is 38.4. The van der Waals surface area contributed by atoms with Crippen LogP contribution in [0.5, 0.6) is 0 Å². The standard InChI is InChI=1S/C18H21FN2O3S/c1-13-10-14(2)12-17(11-13)21(25(3,23)24)9-8-20-18(22)15-4-6-16(19)7-5-15/h4-7,10-12H,8-9H2,1-3H3,(H,20,22). The summed E-state index contributed by atoms with van der Waals surface area (Å²) in [5.74, 6) is -0.802. The monoisotopic (exact) mass is 364 g/mol. The summed E-state index contributed by atoms with van der Waals surface area (Å²) in [5.41, 5.74) is 2.80. The van der Waals surface area contributed by atoms with E-state index in [0.717, 1.165) is 17.4 Å². The fraction of sp³-hybridized carbons (Fsp3) is 0.278. The number of rotatable bonds is 6. The predicted molar refractivity (Wildman–Crippen MR) is 96.8 cm³/mol. The van der Waals surface area contributed by atoms with Gasteiger partial charge in [-0.05, 0) is 61.4 Å². The molecule has 0 aliphatic carbocycles. The van der Waals surface area contributed by atoms with Gasteiger partial charge >= 0.3 is 0 Å². The highest BCUT2D eigenvalue weighted by molar-refractivity contribution is 7.92. The third-order valence-electron chi connectivity index (χ3n) is 3.60. The van der Waals surface area contributed by atoms with Crippen LogP contribution in [0.1, 0.15) is 21.5 Å². The van der Waals surface area contributed by atoms with Crippen molar-refractivity contribution in [2.24, 2.45) is 0 Å². The van der Waals surface area contributed by atoms with E-state index in [4.69, 9.17) is 0 Å². The second kappa shape index (κ2) is 7.65. The Morgan fingerprint density at radius 3 is 2.16 bits per heavy atom. The van der Waals surface area contributed by atoms with Gasteiger partial charge in [0.1, 0.15) is 5.82 Å². The number of anilines is 1. The van der Waals surface area contributed by atoms with Gasteiger partial charge in [0.25, 0.3) is 5.91 Å². The Morgan fingerprint density at radius 1 is 1.08 bits per heavy atom. The average molecular weight is 364 g/mol. The summed E-state index contributed by atoms with van der Waals surface area (Å²) in [7, 11) is -3.49. The van der Waals surface area contributed by atoms with Gasteiger partial charge in [-0.2, -0.15) is 0 Å². The molecule has 134 valence electrons. The molecule has 5 nitrogen and oxygen atoms in total. The van der Waals surface area contributed by atoms with Crippen molar-refractivity contribution >= 4 is 21.6 Å². The van der Waals surface area contributed by atoms with Crippen LogP contribution in [-0.4, -0.2) is 33.7 Å². The third kappa shape index (κ3) is 5.29. The largest absolute Gasteiger partial charge is 0.350 e. The van der Waals surface area contributed by atoms with Crippen LogP contribution in [0.3, 0.4) is 0 Å². The maximum Gasteiger partial charge on any atom is 0.251 e. The lowest BCUT2D eigenvalue weighted by Gasteiger charge is -2.23. The molecule has 7 heteroatoms. The molecule has 2 aromatic rings. The van der Waals surface area contributed by atoms with Gasteiger partial charge in [-0.25, -0.2) is 12.8 Å². The first-order valence-corrected chi connectivity index (χ1v) is 9.61. The van der Waals surface area contributed by atoms with Gasteiger partial charge in [-0.15, -0.1) is 0 Å². The first-order chi connectivity index (χ1) is 11.7. The lowest BCUT2D eigenvalue weighted by molar-refractivity contribution is 0.0955. The van der Waals surface area contributed by atoms with Crippen LogP contribution in [0.4, 0.5) is 10.1 Å². The second-order valence-corrected chi connectivity index (χ2v) is 7.85. The van der Waals surface area contributed by atoms with Crippen LogP contribution in [0.25, 0.3) is 0 Å². The van der Waals surface area contributed by atoms with Crippen molar-refractivity contribution < 1.29 is 17.6 Å². The highest BCUT2D eigenvalue weighted by Gasteiger charge is 2.18. The Labute approximate surface area is 147 Å². The summed E-state index contributed by atoms with van der Waals surface area (Å²) in [4.78, 5) is 12.0. The lowest BCUT2D eigenvalue weighted by Crippen LogP contribution is -2.38. The van der Waals surface area contributed by atoms with Crippen molar-refractivity contribution in [2.45, 2.75) is 13.8 Å². The molecule has 0 saturated heterocycles. The molecular weight excluding hydrogens is 343 g/mol. The minimum Gasteiger partial charge on any atom is -0.350 e. The number of carbonyl (C=O) groups is 1. The van der Waals surface area contributed by atoms with Crippen molar-refractivity contribution in [1.82, 2.24) is 5.32 Å². The molecule has 0 fully saturated rings. The molecule has 0 aliphatic rings. The SMILES string of the molecule is Cc1cc(C)cc(N(CCNC(=O)c2ccc(F)cc2)S(C)(=O)=O)c1. The van der Waals surface area contributed by atoms with E-state index in [9.17, 15) is 17.6 Å². The maximum absolute atomic E-state index is 12.9. The van der Waals surface area contributed by atoms with Crippen LogP contribution in [-0.2, 0) is 10.0 Å². The smallest absolute Gasteiger partial charge is 0.251 e. The number of nitrogens with zero attached hydrogens (tertiary/aromatic N) is 1. The highest BCUT2D eigenvalue weighted by atomic mass is 32.2. The number of carbonyl (C=O) groups excluding carboxylic acids is 1. The molecule has 1 N–H and O–H groups in total. The van der Waals surface area contributed by atoms with Crippen molar-refractivity contribution in [1.29, 1.82) is 0 Å². The molecule has 0 radical (unpaired) electrons. The Kier molecular flexibility index (Phi) is 5.79. The molecule has 0 aliphatic heterocycles. The Balaban J connectivity index is 2.08. The molecule has 0 atom stereocenters. The summed E-state index contributed by atoms with van der Waals surface area (Å²) in [6, 6.07) is 10.7. The molecule has 25 heavy (non-hydrogen) atoms. The van der Waals surface area contributed by atoms with Gasteiger partial charge in [0, 0.05) is 12.1 Å². The minimum absolute atomic E-state index is 0.106. The van der Waals surface area contributed by atoms with Gasteiger partial charge in [-0.1, -0.05) is 6.07 Å². The van der Waals surface area contributed by atoms with E-state index in [1.54, 1.807) is 12.1 Å². The van der Waals surface area contributed by atoms with Crippen LogP contribution in [0.15, 0.2) is 42.5 Å². The van der Waals surface area contributed by atoms with Crippen LogP contribution in [0.2, 0.25) is 0 Å². The third-order valence-corrected chi connectivity index (χ3v) is 4.80. The van der Waals surface area contributed by atoms with Crippen LogP contribution < -0.4 is 9.62 Å². The number of amides is 1. The Hall–Kier alpha value is -2.41. The van der Waals surface area contributed by atoms with Crippen molar-refractivity contribution in [2.75, 3.05) is 23.7 Å². The van der Waals surface area contributed by atoms with E-state index in [0.29, 0.717) is 11.3 Å². The molecular formula is C18H21FN2O3S. The quantitative estimate of drug-likeness (QED) is 0.857. The number of halogens is 1. The normalized spacial score (nSPS) is 11.2. The Morgan fingerprint density at radius 2 is 1.64 bits per heavy atom. The van der Waals surface area contributed by atoms with E-state index >= 15 is 0 Å². The molecule has 2 aromatic carbocycles. The van der Waals surface area contributed by atoms with E-state index in [1.165, 1.54) is 28.6 Å². The number of nitrogens with one attached hydrogen (secondary N) is 1. The number of aryl methyl sites for hydroxylation is 2. The Bertz CT molecular complexity index is 844. The van der Waals surface area contributed by atoms with E-state index in [2.05, 4.69) is 5.32 Å². The molecule has 0 aromatic heterocycles. The summed E-state index contributed by atoms with van der Waals surface area (Å²) in [6.45, 7) is 4.03. The number of benzene rings is 2. The summed E-state index contributed by atoms with van der Waals surface area (Å²) in [6.07, 6.45) is 1.13. The van der Waals surface area contributed by atoms with Crippen molar-refractivity contribution in [3.05, 3.63) is 65.0 Å². The molecule has 2 rings (SSSR count). The maximum atomic E-state index is 12.9. The van der Waals surface area contributed by atoms with Crippen molar-refractivity contribution in [3.63, 3.8) is 0 Å². The minimum atomic E-state index is -3.49. The zero-order chi connectivity index (χ0) is 18.6. The van der Waals surface area contributed by atoms with E-state index in [1.807, 2.05) is 19.9 Å². The fourth-order valence-electron chi connectivity index (χ4n) is 2.56. The van der Waals surface area contributed by atoms with Gasteiger partial charge < -0.3 is 5.32 Å². The zero-order valence-corrected chi connectivity index (χ0v) is 15.2. The molecule has 0 unspecified atom stereocenters. The van der Waals surface area contributed by atoms with Gasteiger partial charge in [0.05, 0.1) is 18.5 Å². The molecule has 0 heterocycles. The fourth-order valence-corrected chi connectivity index (χ4v) is 3.47. The summed E-state index contributed by atoms with van der Waals surface area (Å²) in [5, 5.41) is 2.65. The molecule has 0 saturated carbocycles. The van der Waals surface area contributed by atoms with E-state index < -0.39 is 15.8 Å². The van der Waals surface area contributed by atoms with Crippen LogP contribution >= 0.6 is 0 Å². The first-order valence-electron chi connectivity index (χ1n) is 7.76. The predicted octanol–water partition coefficient (Wildman–Crippen LogP) is 2.64. The second-order valence-electron chi connectivity index (χ2n) is 5.94. The van der Waals surface area contributed by atoms with Crippen LogP contribution in [0, 0.1) is 19.7 Å². The van der Waals surface area contributed by atoms with Gasteiger partial charge in [0.2, 0.25) is 10.0 Å². The topological polar surface area (TPSA) is 66.5 Å². The average Bonchev–Trinajstić information content (AvgIpc) is 2.49. The first kappa shape index (κ1) is 18.9. The van der Waals surface area contributed by atoms with E-state index in [-0.39, 0.29) is 19.0 Å². The van der Waals surface area contributed by atoms with Gasteiger partial charge in [-0.3, -0.25) is 9.10 Å². The number of hydrogen-bond donors (Lipinski definition) is 1. The van der Waals surface area contributed by atoms with Gasteiger partial charge in [0.15, 0.2) is 0 Å². The number of sulfonamides is 1. The molecule has 0 bridgehead atoms. The van der Waals surface area contributed by atoms with Crippen molar-refractivity contribution in [3.8, 4) is 0 Å². The molecule has 1 amide bonds. The lowest BCUT2D eigenvalue weighted by atomic mass is 10.1. The summed E-state index contributed by atoms with van der Waals surface area (Å²) >= 11 is 0. The highest BCUT2D eigenvalue weighted by Crippen LogP contribution is 2.20. The zero-order valence-electron chi connectivity index (χ0n) is 14.4. The molecule has 0 spiro atoms.